The van der Waals surface area contributed by atoms with Crippen LogP contribution in [0.5, 0.6) is 0 Å². The van der Waals surface area contributed by atoms with Crippen molar-refractivity contribution >= 4 is 45.6 Å². The molecule has 7 heteroatoms. The van der Waals surface area contributed by atoms with Gasteiger partial charge in [-0.3, -0.25) is 4.21 Å². The van der Waals surface area contributed by atoms with Crippen LogP contribution in [0.3, 0.4) is 0 Å². The Bertz CT molecular complexity index is 431. The van der Waals surface area contributed by atoms with Gasteiger partial charge in [0.25, 0.3) is 0 Å². The number of aromatic nitrogens is 1. The van der Waals surface area contributed by atoms with Crippen molar-refractivity contribution in [2.75, 3.05) is 35.2 Å². The molecule has 88 valence electrons. The molecule has 0 unspecified atom stereocenters. The number of hydrogen-bond acceptors (Lipinski definition) is 4. The number of nitrogens with zero attached hydrogens (tertiary/aromatic N) is 2. The van der Waals surface area contributed by atoms with Gasteiger partial charge < -0.3 is 10.6 Å². The molecular formula is C9H11Cl2N3OS. The highest BCUT2D eigenvalue weighted by Crippen LogP contribution is 2.30. The summed E-state index contributed by atoms with van der Waals surface area (Å²) in [6, 6.07) is 1.59. The first-order chi connectivity index (χ1) is 7.58. The van der Waals surface area contributed by atoms with E-state index in [0.29, 0.717) is 40.5 Å². The van der Waals surface area contributed by atoms with Crippen LogP contribution in [0.1, 0.15) is 0 Å². The number of nitrogen functional groups attached to an aromatic ring is 1. The standard InChI is InChI=1S/C9H11Cl2N3OS/c10-6-5-7(11)9(13-8(6)12)14-1-3-16(15)4-2-14/h5H,1-4H2,(H2,12,13). The topological polar surface area (TPSA) is 59.2 Å². The van der Waals surface area contributed by atoms with E-state index in [-0.39, 0.29) is 5.82 Å². The van der Waals surface area contributed by atoms with Crippen molar-refractivity contribution in [2.45, 2.75) is 0 Å². The summed E-state index contributed by atoms with van der Waals surface area (Å²) in [6.07, 6.45) is 0. The second-order valence-electron chi connectivity index (χ2n) is 3.50. The zero-order chi connectivity index (χ0) is 11.7. The van der Waals surface area contributed by atoms with Crippen molar-refractivity contribution in [1.29, 1.82) is 0 Å². The quantitative estimate of drug-likeness (QED) is 0.847. The normalized spacial score (nSPS) is 17.8. The van der Waals surface area contributed by atoms with E-state index < -0.39 is 10.8 Å². The van der Waals surface area contributed by atoms with Crippen LogP contribution in [0.4, 0.5) is 11.6 Å². The Balaban J connectivity index is 2.26. The average molecular weight is 280 g/mol. The Morgan fingerprint density at radius 1 is 1.31 bits per heavy atom. The molecule has 1 aliphatic rings. The lowest BCUT2D eigenvalue weighted by atomic mass is 10.4. The van der Waals surface area contributed by atoms with E-state index >= 15 is 0 Å². The number of hydrogen-bond donors (Lipinski definition) is 1. The van der Waals surface area contributed by atoms with Crippen molar-refractivity contribution < 1.29 is 4.21 Å². The molecule has 1 fully saturated rings. The van der Waals surface area contributed by atoms with Gasteiger partial charge >= 0.3 is 0 Å². The first-order valence-corrected chi connectivity index (χ1v) is 7.04. The van der Waals surface area contributed by atoms with Gasteiger partial charge in [-0.25, -0.2) is 4.98 Å². The SMILES string of the molecule is Nc1nc(N2CCS(=O)CC2)c(Cl)cc1Cl. The molecule has 1 aliphatic heterocycles. The molecule has 0 amide bonds. The second-order valence-corrected chi connectivity index (χ2v) is 6.01. The minimum Gasteiger partial charge on any atom is -0.382 e. The summed E-state index contributed by atoms with van der Waals surface area (Å²) in [5.41, 5.74) is 5.64. The molecule has 1 aromatic rings. The van der Waals surface area contributed by atoms with Crippen LogP contribution in [-0.2, 0) is 10.8 Å². The summed E-state index contributed by atoms with van der Waals surface area (Å²) in [5.74, 6) is 2.18. The lowest BCUT2D eigenvalue weighted by molar-refractivity contribution is 0.672. The molecule has 4 nitrogen and oxygen atoms in total. The largest absolute Gasteiger partial charge is 0.382 e. The predicted octanol–water partition coefficient (Wildman–Crippen LogP) is 1.54. The molecule has 0 radical (unpaired) electrons. The number of nitrogens with two attached hydrogens (primary N) is 1. The molecule has 1 aromatic heterocycles. The lowest BCUT2D eigenvalue weighted by Gasteiger charge is -2.28. The average Bonchev–Trinajstić information content (AvgIpc) is 2.25. The van der Waals surface area contributed by atoms with E-state index in [1.165, 1.54) is 0 Å². The molecule has 1 saturated heterocycles. The zero-order valence-corrected chi connectivity index (χ0v) is 10.8. The van der Waals surface area contributed by atoms with E-state index in [0.717, 1.165) is 0 Å². The fourth-order valence-corrected chi connectivity index (χ4v) is 3.07. The molecule has 0 aliphatic carbocycles. The molecule has 2 N–H and O–H groups in total. The molecule has 0 aromatic carbocycles. The van der Waals surface area contributed by atoms with Gasteiger partial charge in [-0.15, -0.1) is 0 Å². The first-order valence-electron chi connectivity index (χ1n) is 4.79. The molecule has 0 spiro atoms. The van der Waals surface area contributed by atoms with E-state index in [2.05, 4.69) is 4.98 Å². The van der Waals surface area contributed by atoms with Crippen LogP contribution >= 0.6 is 23.2 Å². The van der Waals surface area contributed by atoms with Gasteiger partial charge in [0.05, 0.1) is 10.0 Å². The summed E-state index contributed by atoms with van der Waals surface area (Å²) in [4.78, 5) is 6.14. The highest BCUT2D eigenvalue weighted by atomic mass is 35.5. The van der Waals surface area contributed by atoms with Crippen molar-refractivity contribution in [2.24, 2.45) is 0 Å². The Hall–Kier alpha value is -0.520. The third kappa shape index (κ3) is 2.42. The fourth-order valence-electron chi connectivity index (χ4n) is 1.54. The molecular weight excluding hydrogens is 269 g/mol. The van der Waals surface area contributed by atoms with Gasteiger partial charge in [0.1, 0.15) is 11.6 Å². The van der Waals surface area contributed by atoms with Crippen molar-refractivity contribution in [3.8, 4) is 0 Å². The van der Waals surface area contributed by atoms with E-state index in [9.17, 15) is 4.21 Å². The second kappa shape index (κ2) is 4.77. The molecule has 2 heterocycles. The zero-order valence-electron chi connectivity index (χ0n) is 8.45. The maximum Gasteiger partial charge on any atom is 0.150 e. The lowest BCUT2D eigenvalue weighted by Crippen LogP contribution is -2.38. The van der Waals surface area contributed by atoms with Crippen molar-refractivity contribution in [3.63, 3.8) is 0 Å². The number of pyridine rings is 1. The van der Waals surface area contributed by atoms with E-state index in [4.69, 9.17) is 28.9 Å². The van der Waals surface area contributed by atoms with Crippen LogP contribution in [-0.4, -0.2) is 33.8 Å². The smallest absolute Gasteiger partial charge is 0.150 e. The Morgan fingerprint density at radius 3 is 2.56 bits per heavy atom. The summed E-state index contributed by atoms with van der Waals surface area (Å²) >= 11 is 11.9. The van der Waals surface area contributed by atoms with Crippen LogP contribution in [0.25, 0.3) is 0 Å². The van der Waals surface area contributed by atoms with Gasteiger partial charge in [-0.05, 0) is 6.07 Å². The van der Waals surface area contributed by atoms with Crippen LogP contribution in [0.2, 0.25) is 10.0 Å². The number of anilines is 2. The Morgan fingerprint density at radius 2 is 1.94 bits per heavy atom. The van der Waals surface area contributed by atoms with Gasteiger partial charge in [0, 0.05) is 35.4 Å². The summed E-state index contributed by atoms with van der Waals surface area (Å²) in [7, 11) is -0.721. The first kappa shape index (κ1) is 12.0. The minimum absolute atomic E-state index is 0.271. The molecule has 0 atom stereocenters. The van der Waals surface area contributed by atoms with Crippen molar-refractivity contribution in [1.82, 2.24) is 4.98 Å². The van der Waals surface area contributed by atoms with Crippen molar-refractivity contribution in [3.05, 3.63) is 16.1 Å². The Labute approximate surface area is 106 Å². The van der Waals surface area contributed by atoms with E-state index in [1.54, 1.807) is 6.07 Å². The van der Waals surface area contributed by atoms with Gasteiger partial charge in [0.15, 0.2) is 0 Å². The van der Waals surface area contributed by atoms with Gasteiger partial charge in [0.2, 0.25) is 0 Å². The number of rotatable bonds is 1. The third-order valence-corrected chi connectivity index (χ3v) is 4.27. The minimum atomic E-state index is -0.721. The highest BCUT2D eigenvalue weighted by Gasteiger charge is 2.19. The third-order valence-electron chi connectivity index (χ3n) is 2.42. The van der Waals surface area contributed by atoms with Crippen LogP contribution in [0.15, 0.2) is 6.07 Å². The van der Waals surface area contributed by atoms with Crippen LogP contribution in [0, 0.1) is 0 Å². The van der Waals surface area contributed by atoms with E-state index in [1.807, 2.05) is 4.90 Å². The summed E-state index contributed by atoms with van der Waals surface area (Å²) in [6.45, 7) is 1.36. The number of halogens is 2. The molecule has 2 rings (SSSR count). The molecule has 16 heavy (non-hydrogen) atoms. The predicted molar refractivity (Wildman–Crippen MR) is 68.8 cm³/mol. The molecule has 0 bridgehead atoms. The van der Waals surface area contributed by atoms with Gasteiger partial charge in [-0.2, -0.15) is 0 Å². The summed E-state index contributed by atoms with van der Waals surface area (Å²) < 4.78 is 11.2. The Kier molecular flexibility index (Phi) is 3.56. The fraction of sp³-hybridized carbons (Fsp3) is 0.444. The maximum absolute atomic E-state index is 11.2. The van der Waals surface area contributed by atoms with Gasteiger partial charge in [-0.1, -0.05) is 23.2 Å². The molecule has 0 saturated carbocycles. The maximum atomic E-state index is 11.2. The summed E-state index contributed by atoms with van der Waals surface area (Å²) in [5, 5.41) is 0.834. The monoisotopic (exact) mass is 279 g/mol. The van der Waals surface area contributed by atoms with Crippen LogP contribution < -0.4 is 10.6 Å². The highest BCUT2D eigenvalue weighted by molar-refractivity contribution is 7.85.